The largest absolute Gasteiger partial charge is 0.224 e. The van der Waals surface area contributed by atoms with Crippen LogP contribution in [0.2, 0.25) is 0 Å². The molecule has 2 rings (SSSR count). The van der Waals surface area contributed by atoms with Gasteiger partial charge in [-0.25, -0.2) is 8.42 Å². The van der Waals surface area contributed by atoms with Crippen LogP contribution in [0.4, 0.5) is 0 Å². The van der Waals surface area contributed by atoms with E-state index in [9.17, 15) is 8.42 Å². The summed E-state index contributed by atoms with van der Waals surface area (Å²) in [6.07, 6.45) is 0.536. The maximum absolute atomic E-state index is 12.2. The van der Waals surface area contributed by atoms with E-state index in [1.54, 1.807) is 12.1 Å². The molecule has 0 aromatic heterocycles. The Morgan fingerprint density at radius 2 is 1.74 bits per heavy atom. The fourth-order valence-corrected chi connectivity index (χ4v) is 3.63. The molecule has 0 heterocycles. The Morgan fingerprint density at radius 3 is 2.37 bits per heavy atom. The van der Waals surface area contributed by atoms with Crippen molar-refractivity contribution < 1.29 is 8.42 Å². The highest BCUT2D eigenvalue weighted by Gasteiger charge is 2.15. The van der Waals surface area contributed by atoms with E-state index >= 15 is 0 Å². The predicted octanol–water partition coefficient (Wildman–Crippen LogP) is 3.77. The molecule has 0 saturated heterocycles. The van der Waals surface area contributed by atoms with Gasteiger partial charge in [0.05, 0.1) is 10.6 Å². The van der Waals surface area contributed by atoms with Crippen molar-refractivity contribution in [2.24, 2.45) is 0 Å². The van der Waals surface area contributed by atoms with E-state index in [4.69, 9.17) is 0 Å². The average molecular weight is 339 g/mol. The van der Waals surface area contributed by atoms with E-state index in [1.807, 2.05) is 43.3 Å². The quantitative estimate of drug-likeness (QED) is 0.850. The van der Waals surface area contributed by atoms with Crippen molar-refractivity contribution in [1.29, 1.82) is 0 Å². The number of hydrogen-bond acceptors (Lipinski definition) is 2. The topological polar surface area (TPSA) is 34.1 Å². The SMILES string of the molecule is Cc1ccc(S(=O)(=O)CCc2ccccc2)cc1Br. The third-order valence-electron chi connectivity index (χ3n) is 3.00. The lowest BCUT2D eigenvalue weighted by molar-refractivity contribution is 0.595. The molecule has 2 nitrogen and oxygen atoms in total. The molecule has 0 fully saturated rings. The van der Waals surface area contributed by atoms with Crippen molar-refractivity contribution in [3.63, 3.8) is 0 Å². The third-order valence-corrected chi connectivity index (χ3v) is 5.57. The van der Waals surface area contributed by atoms with Crippen molar-refractivity contribution >= 4 is 25.8 Å². The summed E-state index contributed by atoms with van der Waals surface area (Å²) in [6.45, 7) is 1.93. The van der Waals surface area contributed by atoms with Gasteiger partial charge in [-0.3, -0.25) is 0 Å². The molecule has 0 atom stereocenters. The maximum atomic E-state index is 12.2. The number of rotatable bonds is 4. The maximum Gasteiger partial charge on any atom is 0.178 e. The fraction of sp³-hybridized carbons (Fsp3) is 0.200. The molecule has 2 aromatic rings. The second-order valence-corrected chi connectivity index (χ2v) is 7.43. The lowest BCUT2D eigenvalue weighted by atomic mass is 10.2. The van der Waals surface area contributed by atoms with Crippen molar-refractivity contribution in [3.05, 3.63) is 64.1 Å². The van der Waals surface area contributed by atoms with Gasteiger partial charge in [0.2, 0.25) is 0 Å². The standard InChI is InChI=1S/C15H15BrO2S/c1-12-7-8-14(11-15(12)16)19(17,18)10-9-13-5-3-2-4-6-13/h2-8,11H,9-10H2,1H3. The molecular weight excluding hydrogens is 324 g/mol. The minimum atomic E-state index is -3.23. The van der Waals surface area contributed by atoms with Crippen LogP contribution in [-0.4, -0.2) is 14.2 Å². The summed E-state index contributed by atoms with van der Waals surface area (Å²) in [5, 5.41) is 0. The normalized spacial score (nSPS) is 11.5. The van der Waals surface area contributed by atoms with Crippen LogP contribution in [0.5, 0.6) is 0 Å². The van der Waals surface area contributed by atoms with Crippen LogP contribution in [0.25, 0.3) is 0 Å². The molecule has 0 aliphatic rings. The lowest BCUT2D eigenvalue weighted by Gasteiger charge is -2.06. The predicted molar refractivity (Wildman–Crippen MR) is 81.1 cm³/mol. The number of halogens is 1. The smallest absolute Gasteiger partial charge is 0.178 e. The molecule has 4 heteroatoms. The van der Waals surface area contributed by atoms with Crippen LogP contribution in [0.3, 0.4) is 0 Å². The molecule has 0 aliphatic heterocycles. The molecule has 19 heavy (non-hydrogen) atoms. The highest BCUT2D eigenvalue weighted by atomic mass is 79.9. The first-order valence-corrected chi connectivity index (χ1v) is 8.46. The third kappa shape index (κ3) is 3.67. The zero-order valence-electron chi connectivity index (χ0n) is 10.6. The van der Waals surface area contributed by atoms with E-state index in [2.05, 4.69) is 15.9 Å². The van der Waals surface area contributed by atoms with Gasteiger partial charge in [-0.2, -0.15) is 0 Å². The molecule has 0 amide bonds. The Hall–Kier alpha value is -1.13. The average Bonchev–Trinajstić information content (AvgIpc) is 2.41. The monoisotopic (exact) mass is 338 g/mol. The van der Waals surface area contributed by atoms with Crippen LogP contribution in [-0.2, 0) is 16.3 Å². The van der Waals surface area contributed by atoms with Gasteiger partial charge in [0.25, 0.3) is 0 Å². The van der Waals surface area contributed by atoms with Crippen LogP contribution in [0.1, 0.15) is 11.1 Å². The zero-order chi connectivity index (χ0) is 13.9. The van der Waals surface area contributed by atoms with Gasteiger partial charge in [-0.05, 0) is 36.6 Å². The van der Waals surface area contributed by atoms with Gasteiger partial charge in [-0.1, -0.05) is 52.3 Å². The van der Waals surface area contributed by atoms with E-state index in [1.165, 1.54) is 0 Å². The fourth-order valence-electron chi connectivity index (χ4n) is 1.78. The molecule has 2 aromatic carbocycles. The molecule has 0 N–H and O–H groups in total. The van der Waals surface area contributed by atoms with Gasteiger partial charge in [0, 0.05) is 4.47 Å². The van der Waals surface area contributed by atoms with Crippen LogP contribution < -0.4 is 0 Å². The van der Waals surface area contributed by atoms with E-state index in [0.717, 1.165) is 15.6 Å². The van der Waals surface area contributed by atoms with Gasteiger partial charge in [0.15, 0.2) is 9.84 Å². The minimum Gasteiger partial charge on any atom is -0.224 e. The van der Waals surface area contributed by atoms with E-state index in [-0.39, 0.29) is 5.75 Å². The number of aryl methyl sites for hydroxylation is 2. The molecule has 0 unspecified atom stereocenters. The first kappa shape index (κ1) is 14.3. The summed E-state index contributed by atoms with van der Waals surface area (Å²) in [5.74, 6) is 0.131. The van der Waals surface area contributed by atoms with Crippen LogP contribution in [0.15, 0.2) is 57.9 Å². The van der Waals surface area contributed by atoms with Crippen molar-refractivity contribution in [2.75, 3.05) is 5.75 Å². The highest BCUT2D eigenvalue weighted by molar-refractivity contribution is 9.10. The number of hydrogen-bond donors (Lipinski definition) is 0. The van der Waals surface area contributed by atoms with E-state index in [0.29, 0.717) is 11.3 Å². The van der Waals surface area contributed by atoms with Crippen molar-refractivity contribution in [2.45, 2.75) is 18.2 Å². The van der Waals surface area contributed by atoms with Gasteiger partial charge in [-0.15, -0.1) is 0 Å². The molecule has 0 aliphatic carbocycles. The first-order chi connectivity index (χ1) is 8.99. The Balaban J connectivity index is 2.16. The summed E-state index contributed by atoms with van der Waals surface area (Å²) < 4.78 is 25.3. The van der Waals surface area contributed by atoms with Gasteiger partial charge < -0.3 is 0 Å². The van der Waals surface area contributed by atoms with Crippen molar-refractivity contribution in [3.8, 4) is 0 Å². The second-order valence-electron chi connectivity index (χ2n) is 4.47. The summed E-state index contributed by atoms with van der Waals surface area (Å²) in [6, 6.07) is 14.8. The Labute approximate surface area is 122 Å². The van der Waals surface area contributed by atoms with Crippen LogP contribution >= 0.6 is 15.9 Å². The Kier molecular flexibility index (Phi) is 4.42. The Morgan fingerprint density at radius 1 is 1.05 bits per heavy atom. The Bertz CT molecular complexity index is 664. The van der Waals surface area contributed by atoms with Crippen LogP contribution in [0, 0.1) is 6.92 Å². The minimum absolute atomic E-state index is 0.131. The summed E-state index contributed by atoms with van der Waals surface area (Å²) in [7, 11) is -3.23. The molecule has 0 bridgehead atoms. The zero-order valence-corrected chi connectivity index (χ0v) is 13.0. The summed E-state index contributed by atoms with van der Waals surface area (Å²) in [4.78, 5) is 0.376. The van der Waals surface area contributed by atoms with E-state index < -0.39 is 9.84 Å². The molecule has 0 radical (unpaired) electrons. The molecule has 100 valence electrons. The van der Waals surface area contributed by atoms with Gasteiger partial charge >= 0.3 is 0 Å². The lowest BCUT2D eigenvalue weighted by Crippen LogP contribution is -2.09. The van der Waals surface area contributed by atoms with Crippen molar-refractivity contribution in [1.82, 2.24) is 0 Å². The summed E-state index contributed by atoms with van der Waals surface area (Å²) >= 11 is 3.37. The molecular formula is C15H15BrO2S. The summed E-state index contributed by atoms with van der Waals surface area (Å²) in [5.41, 5.74) is 2.07. The van der Waals surface area contributed by atoms with Gasteiger partial charge in [0.1, 0.15) is 0 Å². The number of sulfone groups is 1. The highest BCUT2D eigenvalue weighted by Crippen LogP contribution is 2.21. The first-order valence-electron chi connectivity index (χ1n) is 6.02. The molecule has 0 saturated carbocycles. The number of benzene rings is 2. The second kappa shape index (κ2) is 5.88. The molecule has 0 spiro atoms.